The fourth-order valence-electron chi connectivity index (χ4n) is 1.07. The summed E-state index contributed by atoms with van der Waals surface area (Å²) in [5.41, 5.74) is 6.04. The first-order chi connectivity index (χ1) is 6.00. The van der Waals surface area contributed by atoms with E-state index in [1.807, 2.05) is 0 Å². The van der Waals surface area contributed by atoms with Gasteiger partial charge in [0, 0.05) is 11.1 Å². The average molecular weight is 206 g/mol. The zero-order chi connectivity index (χ0) is 10.0. The molecule has 0 heterocycles. The van der Waals surface area contributed by atoms with Crippen molar-refractivity contribution in [2.75, 3.05) is 0 Å². The molecule has 0 aliphatic carbocycles. The molecular formula is C9H10ClF2N. The third-order valence-electron chi connectivity index (χ3n) is 1.63. The van der Waals surface area contributed by atoms with E-state index in [0.29, 0.717) is 12.0 Å². The second-order valence-corrected chi connectivity index (χ2v) is 3.45. The maximum Gasteiger partial charge on any atom is 0.160 e. The van der Waals surface area contributed by atoms with Gasteiger partial charge in [0.1, 0.15) is 0 Å². The normalized spacial score (nSPS) is 13.0. The molecule has 1 aromatic rings. The first kappa shape index (κ1) is 10.4. The molecule has 0 aliphatic rings. The van der Waals surface area contributed by atoms with Crippen LogP contribution in [-0.4, -0.2) is 6.04 Å². The molecule has 13 heavy (non-hydrogen) atoms. The number of halogens is 3. The summed E-state index contributed by atoms with van der Waals surface area (Å²) in [6, 6.07) is 1.93. The van der Waals surface area contributed by atoms with Crippen molar-refractivity contribution in [2.45, 2.75) is 19.4 Å². The van der Waals surface area contributed by atoms with Crippen LogP contribution in [0.2, 0.25) is 5.02 Å². The molecule has 1 unspecified atom stereocenters. The zero-order valence-corrected chi connectivity index (χ0v) is 7.91. The molecule has 1 aromatic carbocycles. The molecule has 0 saturated heterocycles. The minimum Gasteiger partial charge on any atom is -0.328 e. The average Bonchev–Trinajstić information content (AvgIpc) is 1.99. The lowest BCUT2D eigenvalue weighted by atomic mass is 10.1. The van der Waals surface area contributed by atoms with Gasteiger partial charge in [0.15, 0.2) is 11.6 Å². The summed E-state index contributed by atoms with van der Waals surface area (Å²) in [4.78, 5) is 0. The highest BCUT2D eigenvalue weighted by molar-refractivity contribution is 6.31. The quantitative estimate of drug-likeness (QED) is 0.738. The van der Waals surface area contributed by atoms with Crippen LogP contribution in [0.1, 0.15) is 12.5 Å². The Morgan fingerprint density at radius 3 is 2.46 bits per heavy atom. The number of benzene rings is 1. The van der Waals surface area contributed by atoms with Gasteiger partial charge in [0.05, 0.1) is 0 Å². The van der Waals surface area contributed by atoms with Crippen LogP contribution < -0.4 is 5.73 Å². The Morgan fingerprint density at radius 2 is 1.92 bits per heavy atom. The van der Waals surface area contributed by atoms with Crippen LogP contribution in [-0.2, 0) is 6.42 Å². The van der Waals surface area contributed by atoms with E-state index in [-0.39, 0.29) is 11.1 Å². The lowest BCUT2D eigenvalue weighted by molar-refractivity contribution is 0.506. The van der Waals surface area contributed by atoms with E-state index in [4.69, 9.17) is 17.3 Å². The van der Waals surface area contributed by atoms with Gasteiger partial charge in [0.25, 0.3) is 0 Å². The fraction of sp³-hybridized carbons (Fsp3) is 0.333. The van der Waals surface area contributed by atoms with E-state index >= 15 is 0 Å². The van der Waals surface area contributed by atoms with Crippen LogP contribution in [0, 0.1) is 11.6 Å². The Balaban J connectivity index is 3.01. The molecule has 1 atom stereocenters. The third kappa shape index (κ3) is 2.64. The standard InChI is InChI=1S/C9H10ClF2N/c1-5(13)2-6-3-8(11)9(12)4-7(6)10/h3-5H,2,13H2,1H3. The van der Waals surface area contributed by atoms with Crippen molar-refractivity contribution in [3.8, 4) is 0 Å². The number of nitrogens with two attached hydrogens (primary N) is 1. The van der Waals surface area contributed by atoms with Gasteiger partial charge in [-0.3, -0.25) is 0 Å². The summed E-state index contributed by atoms with van der Waals surface area (Å²) in [5, 5.41) is 0.219. The highest BCUT2D eigenvalue weighted by atomic mass is 35.5. The van der Waals surface area contributed by atoms with Crippen molar-refractivity contribution in [1.82, 2.24) is 0 Å². The van der Waals surface area contributed by atoms with Crippen molar-refractivity contribution < 1.29 is 8.78 Å². The second kappa shape index (κ2) is 4.03. The fourth-order valence-corrected chi connectivity index (χ4v) is 1.29. The largest absolute Gasteiger partial charge is 0.328 e. The van der Waals surface area contributed by atoms with Crippen LogP contribution >= 0.6 is 11.6 Å². The predicted octanol–water partition coefficient (Wildman–Crippen LogP) is 2.51. The summed E-state index contributed by atoms with van der Waals surface area (Å²) < 4.78 is 25.3. The maximum absolute atomic E-state index is 12.7. The lowest BCUT2D eigenvalue weighted by Crippen LogP contribution is -2.18. The van der Waals surface area contributed by atoms with E-state index in [0.717, 1.165) is 12.1 Å². The zero-order valence-electron chi connectivity index (χ0n) is 7.15. The highest BCUT2D eigenvalue weighted by Gasteiger charge is 2.09. The van der Waals surface area contributed by atoms with E-state index in [1.54, 1.807) is 6.92 Å². The van der Waals surface area contributed by atoms with Gasteiger partial charge >= 0.3 is 0 Å². The summed E-state index contributed by atoms with van der Waals surface area (Å²) in [6.45, 7) is 1.78. The Bertz CT molecular complexity index is 313. The van der Waals surface area contributed by atoms with E-state index < -0.39 is 11.6 Å². The van der Waals surface area contributed by atoms with E-state index in [2.05, 4.69) is 0 Å². The third-order valence-corrected chi connectivity index (χ3v) is 1.98. The summed E-state index contributed by atoms with van der Waals surface area (Å²) in [5.74, 6) is -1.82. The first-order valence-corrected chi connectivity index (χ1v) is 4.27. The number of hydrogen-bond acceptors (Lipinski definition) is 1. The maximum atomic E-state index is 12.7. The van der Waals surface area contributed by atoms with Crippen molar-refractivity contribution >= 4 is 11.6 Å². The highest BCUT2D eigenvalue weighted by Crippen LogP contribution is 2.20. The van der Waals surface area contributed by atoms with Gasteiger partial charge in [-0.15, -0.1) is 0 Å². The van der Waals surface area contributed by atoms with Gasteiger partial charge < -0.3 is 5.73 Å². The molecule has 72 valence electrons. The van der Waals surface area contributed by atoms with Crippen LogP contribution in [0.25, 0.3) is 0 Å². The summed E-state index contributed by atoms with van der Waals surface area (Å²) in [6.07, 6.45) is 0.441. The Kier molecular flexibility index (Phi) is 3.22. The smallest absolute Gasteiger partial charge is 0.160 e. The predicted molar refractivity (Wildman–Crippen MR) is 48.7 cm³/mol. The molecule has 4 heteroatoms. The minimum absolute atomic E-state index is 0.123. The van der Waals surface area contributed by atoms with Crippen LogP contribution in [0.5, 0.6) is 0 Å². The lowest BCUT2D eigenvalue weighted by Gasteiger charge is -2.07. The van der Waals surface area contributed by atoms with Gasteiger partial charge in [-0.25, -0.2) is 8.78 Å². The summed E-state index contributed by atoms with van der Waals surface area (Å²) >= 11 is 5.68. The molecule has 0 aliphatic heterocycles. The van der Waals surface area contributed by atoms with E-state index in [9.17, 15) is 8.78 Å². The molecular weight excluding hydrogens is 196 g/mol. The SMILES string of the molecule is CC(N)Cc1cc(F)c(F)cc1Cl. The molecule has 1 rings (SSSR count). The molecule has 0 spiro atoms. The Hall–Kier alpha value is -0.670. The molecule has 2 N–H and O–H groups in total. The van der Waals surface area contributed by atoms with E-state index in [1.165, 1.54) is 0 Å². The van der Waals surface area contributed by atoms with Gasteiger partial charge in [-0.05, 0) is 31.0 Å². The van der Waals surface area contributed by atoms with Crippen LogP contribution in [0.4, 0.5) is 8.78 Å². The topological polar surface area (TPSA) is 26.0 Å². The molecule has 0 bridgehead atoms. The Morgan fingerprint density at radius 1 is 1.38 bits per heavy atom. The van der Waals surface area contributed by atoms with Crippen molar-refractivity contribution in [3.63, 3.8) is 0 Å². The van der Waals surface area contributed by atoms with Crippen LogP contribution in [0.15, 0.2) is 12.1 Å². The van der Waals surface area contributed by atoms with Crippen molar-refractivity contribution in [1.29, 1.82) is 0 Å². The number of rotatable bonds is 2. The minimum atomic E-state index is -0.932. The van der Waals surface area contributed by atoms with Crippen molar-refractivity contribution in [2.24, 2.45) is 5.73 Å². The molecule has 0 aromatic heterocycles. The number of hydrogen-bond donors (Lipinski definition) is 1. The molecule has 1 nitrogen and oxygen atoms in total. The monoisotopic (exact) mass is 205 g/mol. The molecule has 0 radical (unpaired) electrons. The van der Waals surface area contributed by atoms with Gasteiger partial charge in [-0.1, -0.05) is 11.6 Å². The van der Waals surface area contributed by atoms with Gasteiger partial charge in [-0.2, -0.15) is 0 Å². The molecule has 0 amide bonds. The summed E-state index contributed by atoms with van der Waals surface area (Å²) in [7, 11) is 0. The first-order valence-electron chi connectivity index (χ1n) is 3.89. The second-order valence-electron chi connectivity index (χ2n) is 3.04. The Labute approximate surface area is 80.5 Å². The molecule has 0 fully saturated rings. The molecule has 0 saturated carbocycles. The van der Waals surface area contributed by atoms with Gasteiger partial charge in [0.2, 0.25) is 0 Å². The van der Waals surface area contributed by atoms with Crippen LogP contribution in [0.3, 0.4) is 0 Å². The van der Waals surface area contributed by atoms with Crippen molar-refractivity contribution in [3.05, 3.63) is 34.4 Å².